The number of hydrogen-bond acceptors (Lipinski definition) is 3. The van der Waals surface area contributed by atoms with Crippen molar-refractivity contribution < 1.29 is 0 Å². The normalized spacial score (nSPS) is 14.5. The highest BCUT2D eigenvalue weighted by Crippen LogP contribution is 2.32. The molecule has 2 atom stereocenters. The Hall–Kier alpha value is -0.450. The number of hydrogen-bond donors (Lipinski definition) is 1. The van der Waals surface area contributed by atoms with Gasteiger partial charge in [-0.2, -0.15) is 0 Å². The van der Waals surface area contributed by atoms with Crippen molar-refractivity contribution in [1.82, 2.24) is 4.98 Å². The zero-order valence-corrected chi connectivity index (χ0v) is 10.9. The van der Waals surface area contributed by atoms with Gasteiger partial charge in [0.15, 0.2) is 0 Å². The van der Waals surface area contributed by atoms with E-state index in [1.54, 1.807) is 16.8 Å². The minimum atomic E-state index is -0.0238. The van der Waals surface area contributed by atoms with Crippen molar-refractivity contribution in [3.8, 4) is 0 Å². The van der Waals surface area contributed by atoms with Crippen LogP contribution in [0.2, 0.25) is 0 Å². The third-order valence-corrected chi connectivity index (χ3v) is 4.14. The smallest absolute Gasteiger partial charge is 0.121 e. The molecule has 0 bridgehead atoms. The van der Waals surface area contributed by atoms with E-state index in [1.165, 1.54) is 0 Å². The van der Waals surface area contributed by atoms with Crippen molar-refractivity contribution in [3.05, 3.63) is 40.3 Å². The molecule has 0 amide bonds. The summed E-state index contributed by atoms with van der Waals surface area (Å²) in [6.07, 6.45) is 5.77. The first kappa shape index (κ1) is 12.6. The lowest BCUT2D eigenvalue weighted by Gasteiger charge is -2.18. The topological polar surface area (TPSA) is 38.9 Å². The quantitative estimate of drug-likeness (QED) is 0.811. The maximum atomic E-state index is 6.17. The Morgan fingerprint density at radius 3 is 2.80 bits per heavy atom. The van der Waals surface area contributed by atoms with E-state index in [0.29, 0.717) is 0 Å². The number of nitrogens with zero attached hydrogens (tertiary/aromatic N) is 1. The average Bonchev–Trinajstić information content (AvgIpc) is 2.65. The van der Waals surface area contributed by atoms with Gasteiger partial charge < -0.3 is 5.73 Å². The first-order valence-corrected chi connectivity index (χ1v) is 6.45. The molecule has 1 aromatic rings. The largest absolute Gasteiger partial charge is 0.323 e. The summed E-state index contributed by atoms with van der Waals surface area (Å²) in [7, 11) is 0. The standard InChI is InChI=1S/C11H15BrN2S/c1-3-5-6-8(4-2)9(13)10-11(12)14-7-15-10/h3-4,7-9H,1-2,5-6,13H2. The Labute approximate surface area is 103 Å². The molecule has 1 heterocycles. The second kappa shape index (κ2) is 6.20. The first-order chi connectivity index (χ1) is 7.20. The third kappa shape index (κ3) is 3.26. The van der Waals surface area contributed by atoms with Crippen LogP contribution in [0.3, 0.4) is 0 Å². The molecule has 15 heavy (non-hydrogen) atoms. The van der Waals surface area contributed by atoms with Crippen LogP contribution in [0.4, 0.5) is 0 Å². The molecule has 0 aliphatic rings. The highest BCUT2D eigenvalue weighted by atomic mass is 79.9. The lowest BCUT2D eigenvalue weighted by Crippen LogP contribution is -2.19. The molecule has 0 saturated heterocycles. The maximum absolute atomic E-state index is 6.17. The SMILES string of the molecule is C=CCCC(C=C)C(N)c1scnc1Br. The first-order valence-electron chi connectivity index (χ1n) is 4.78. The van der Waals surface area contributed by atoms with Crippen molar-refractivity contribution in [2.24, 2.45) is 11.7 Å². The monoisotopic (exact) mass is 286 g/mol. The predicted octanol–water partition coefficient (Wildman–Crippen LogP) is 3.67. The summed E-state index contributed by atoms with van der Waals surface area (Å²) >= 11 is 4.98. The number of rotatable bonds is 6. The van der Waals surface area contributed by atoms with E-state index in [0.717, 1.165) is 22.3 Å². The van der Waals surface area contributed by atoms with Crippen molar-refractivity contribution in [2.45, 2.75) is 18.9 Å². The van der Waals surface area contributed by atoms with E-state index in [4.69, 9.17) is 5.73 Å². The fourth-order valence-corrected chi connectivity index (χ4v) is 2.94. The maximum Gasteiger partial charge on any atom is 0.121 e. The van der Waals surface area contributed by atoms with E-state index in [9.17, 15) is 0 Å². The third-order valence-electron chi connectivity index (χ3n) is 2.32. The van der Waals surface area contributed by atoms with Gasteiger partial charge in [0.05, 0.1) is 10.4 Å². The Balaban J connectivity index is 2.72. The van der Waals surface area contributed by atoms with Gasteiger partial charge in [-0.05, 0) is 34.7 Å². The molecule has 0 aliphatic carbocycles. The summed E-state index contributed by atoms with van der Waals surface area (Å²) in [4.78, 5) is 5.22. The Morgan fingerprint density at radius 2 is 2.33 bits per heavy atom. The van der Waals surface area contributed by atoms with Gasteiger partial charge in [0.2, 0.25) is 0 Å². The van der Waals surface area contributed by atoms with Crippen molar-refractivity contribution in [1.29, 1.82) is 0 Å². The van der Waals surface area contributed by atoms with Crippen LogP contribution in [-0.4, -0.2) is 4.98 Å². The van der Waals surface area contributed by atoms with Gasteiger partial charge in [-0.1, -0.05) is 12.2 Å². The van der Waals surface area contributed by atoms with Crippen LogP contribution in [0.5, 0.6) is 0 Å². The van der Waals surface area contributed by atoms with Crippen LogP contribution in [0, 0.1) is 5.92 Å². The van der Waals surface area contributed by atoms with Crippen LogP contribution < -0.4 is 5.73 Å². The van der Waals surface area contributed by atoms with Gasteiger partial charge in [-0.25, -0.2) is 4.98 Å². The molecule has 82 valence electrons. The lowest BCUT2D eigenvalue weighted by atomic mass is 9.94. The molecule has 1 rings (SSSR count). The lowest BCUT2D eigenvalue weighted by molar-refractivity contribution is 0.495. The van der Waals surface area contributed by atoms with E-state index >= 15 is 0 Å². The van der Waals surface area contributed by atoms with Gasteiger partial charge in [0.25, 0.3) is 0 Å². The number of nitrogens with two attached hydrogens (primary N) is 1. The molecule has 4 heteroatoms. The highest BCUT2D eigenvalue weighted by Gasteiger charge is 2.19. The van der Waals surface area contributed by atoms with Crippen LogP contribution in [0.1, 0.15) is 23.8 Å². The molecule has 2 nitrogen and oxygen atoms in total. The summed E-state index contributed by atoms with van der Waals surface area (Å²) in [5.74, 6) is 0.278. The zero-order valence-electron chi connectivity index (χ0n) is 8.53. The summed E-state index contributed by atoms with van der Waals surface area (Å²) in [5, 5.41) is 0. The minimum absolute atomic E-state index is 0.0238. The number of allylic oxidation sites excluding steroid dienone is 1. The molecular formula is C11H15BrN2S. The minimum Gasteiger partial charge on any atom is -0.323 e. The van der Waals surface area contributed by atoms with Gasteiger partial charge in [0.1, 0.15) is 4.60 Å². The number of aromatic nitrogens is 1. The average molecular weight is 287 g/mol. The fourth-order valence-electron chi connectivity index (χ4n) is 1.41. The van der Waals surface area contributed by atoms with Gasteiger partial charge in [-0.15, -0.1) is 24.5 Å². The predicted molar refractivity (Wildman–Crippen MR) is 69.9 cm³/mol. The zero-order chi connectivity index (χ0) is 11.3. The van der Waals surface area contributed by atoms with Gasteiger partial charge >= 0.3 is 0 Å². The summed E-state index contributed by atoms with van der Waals surface area (Å²) < 4.78 is 0.852. The molecule has 0 aliphatic heterocycles. The van der Waals surface area contributed by atoms with E-state index in [2.05, 4.69) is 34.1 Å². The molecule has 2 unspecified atom stereocenters. The van der Waals surface area contributed by atoms with E-state index in [1.807, 2.05) is 12.2 Å². The van der Waals surface area contributed by atoms with Crippen LogP contribution >= 0.6 is 27.3 Å². The Morgan fingerprint density at radius 1 is 1.60 bits per heavy atom. The second-order valence-electron chi connectivity index (χ2n) is 3.30. The molecule has 0 saturated carbocycles. The summed E-state index contributed by atoms with van der Waals surface area (Å²) in [5.41, 5.74) is 7.97. The van der Waals surface area contributed by atoms with Crippen molar-refractivity contribution >= 4 is 27.3 Å². The van der Waals surface area contributed by atoms with Crippen molar-refractivity contribution in [2.75, 3.05) is 0 Å². The summed E-state index contributed by atoms with van der Waals surface area (Å²) in [6.45, 7) is 7.54. The van der Waals surface area contributed by atoms with Crippen molar-refractivity contribution in [3.63, 3.8) is 0 Å². The number of halogens is 1. The molecule has 0 radical (unpaired) electrons. The highest BCUT2D eigenvalue weighted by molar-refractivity contribution is 9.10. The summed E-state index contributed by atoms with van der Waals surface area (Å²) in [6, 6.07) is -0.0238. The second-order valence-corrected chi connectivity index (χ2v) is 4.94. The van der Waals surface area contributed by atoms with Gasteiger partial charge in [-0.3, -0.25) is 0 Å². The molecule has 1 aromatic heterocycles. The fraction of sp³-hybridized carbons (Fsp3) is 0.364. The molecular weight excluding hydrogens is 272 g/mol. The van der Waals surface area contributed by atoms with Gasteiger partial charge in [0, 0.05) is 6.04 Å². The number of thiazole rings is 1. The Kier molecular flexibility index (Phi) is 5.22. The molecule has 0 spiro atoms. The molecule has 0 fully saturated rings. The van der Waals surface area contributed by atoms with E-state index in [-0.39, 0.29) is 12.0 Å². The van der Waals surface area contributed by atoms with Crippen LogP contribution in [0.25, 0.3) is 0 Å². The van der Waals surface area contributed by atoms with E-state index < -0.39 is 0 Å². The van der Waals surface area contributed by atoms with Crippen LogP contribution in [0.15, 0.2) is 35.4 Å². The Bertz CT molecular complexity index is 335. The molecule has 0 aromatic carbocycles. The molecule has 2 N–H and O–H groups in total. The van der Waals surface area contributed by atoms with Crippen LogP contribution in [-0.2, 0) is 0 Å².